The molecular weight excluding hydrogens is 524 g/mol. The van der Waals surface area contributed by atoms with Crippen LogP contribution in [0, 0.1) is 22.7 Å². The van der Waals surface area contributed by atoms with E-state index in [0.717, 1.165) is 51.4 Å². The molecule has 226 valence electrons. The third-order valence-electron chi connectivity index (χ3n) is 11.2. The minimum Gasteiger partial charge on any atom is -0.504 e. The number of esters is 1. The molecule has 1 aliphatic heterocycles. The molecule has 41 heavy (non-hydrogen) atoms. The molecule has 1 aromatic carbocycles. The van der Waals surface area contributed by atoms with Crippen LogP contribution in [0.3, 0.4) is 0 Å². The van der Waals surface area contributed by atoms with Crippen LogP contribution >= 0.6 is 0 Å². The Kier molecular flexibility index (Phi) is 8.30. The van der Waals surface area contributed by atoms with Crippen LogP contribution in [0.5, 0.6) is 11.5 Å². The number of benzene rings is 1. The van der Waals surface area contributed by atoms with Crippen LogP contribution in [-0.2, 0) is 25.5 Å². The van der Waals surface area contributed by atoms with Crippen LogP contribution in [0.15, 0.2) is 18.2 Å². The van der Waals surface area contributed by atoms with E-state index in [9.17, 15) is 29.7 Å². The first-order chi connectivity index (χ1) is 19.4. The zero-order chi connectivity index (χ0) is 29.5. The fourth-order valence-corrected chi connectivity index (χ4v) is 8.09. The van der Waals surface area contributed by atoms with Gasteiger partial charge in [-0.2, -0.15) is 0 Å². The zero-order valence-electron chi connectivity index (χ0n) is 24.6. The molecule has 3 aliphatic carbocycles. The largest absolute Gasteiger partial charge is 0.504 e. The van der Waals surface area contributed by atoms with Crippen molar-refractivity contribution in [3.63, 3.8) is 0 Å². The molecule has 4 aliphatic rings. The Morgan fingerprint density at radius 2 is 1.76 bits per heavy atom. The Bertz CT molecular complexity index is 1160. The highest BCUT2D eigenvalue weighted by molar-refractivity contribution is 5.92. The average molecular weight is 571 g/mol. The van der Waals surface area contributed by atoms with Crippen LogP contribution in [0.4, 0.5) is 0 Å². The second-order valence-electron chi connectivity index (χ2n) is 13.7. The maximum atomic E-state index is 14.1. The van der Waals surface area contributed by atoms with E-state index in [-0.39, 0.29) is 52.6 Å². The van der Waals surface area contributed by atoms with Gasteiger partial charge >= 0.3 is 5.97 Å². The Morgan fingerprint density at radius 1 is 1.02 bits per heavy atom. The van der Waals surface area contributed by atoms with E-state index in [1.165, 1.54) is 18.2 Å². The monoisotopic (exact) mass is 570 g/mol. The molecule has 1 aromatic rings. The molecule has 1 heterocycles. The molecule has 9 heteroatoms. The molecule has 5 rings (SSSR count). The highest BCUT2D eigenvalue weighted by atomic mass is 16.5. The van der Waals surface area contributed by atoms with E-state index >= 15 is 0 Å². The minimum atomic E-state index is -1.45. The van der Waals surface area contributed by atoms with Gasteiger partial charge in [0, 0.05) is 18.4 Å². The number of likely N-dealkylation sites (tertiary alicyclic amines) is 1. The second-order valence-corrected chi connectivity index (χ2v) is 13.7. The lowest BCUT2D eigenvalue weighted by atomic mass is 9.70. The van der Waals surface area contributed by atoms with Gasteiger partial charge in [-0.05, 0) is 79.9 Å². The van der Waals surface area contributed by atoms with Crippen molar-refractivity contribution >= 4 is 17.8 Å². The van der Waals surface area contributed by atoms with E-state index in [2.05, 4.69) is 26.1 Å². The van der Waals surface area contributed by atoms with E-state index in [1.807, 2.05) is 0 Å². The maximum absolute atomic E-state index is 14.1. The number of hydrogen-bond acceptors (Lipinski definition) is 7. The molecule has 2 bridgehead atoms. The molecule has 2 amide bonds. The first-order valence-corrected chi connectivity index (χ1v) is 15.4. The zero-order valence-corrected chi connectivity index (χ0v) is 24.6. The molecule has 9 nitrogen and oxygen atoms in total. The van der Waals surface area contributed by atoms with Gasteiger partial charge in [0.15, 0.2) is 11.5 Å². The van der Waals surface area contributed by atoms with Crippen molar-refractivity contribution in [2.45, 2.75) is 116 Å². The molecule has 6 unspecified atom stereocenters. The van der Waals surface area contributed by atoms with Gasteiger partial charge in [0.1, 0.15) is 24.3 Å². The van der Waals surface area contributed by atoms with Crippen molar-refractivity contribution < 1.29 is 34.4 Å². The fourth-order valence-electron chi connectivity index (χ4n) is 8.09. The van der Waals surface area contributed by atoms with Crippen LogP contribution in [-0.4, -0.2) is 68.8 Å². The number of rotatable bonds is 8. The Balaban J connectivity index is 1.28. The quantitative estimate of drug-likeness (QED) is 0.276. The summed E-state index contributed by atoms with van der Waals surface area (Å²) < 4.78 is 6.18. The lowest BCUT2D eigenvalue weighted by Crippen LogP contribution is -2.57. The summed E-state index contributed by atoms with van der Waals surface area (Å²) in [7, 11) is 0. The lowest BCUT2D eigenvalue weighted by molar-refractivity contribution is -0.165. The molecule has 4 fully saturated rings. The predicted molar refractivity (Wildman–Crippen MR) is 152 cm³/mol. The number of carbonyl (C=O) groups is 3. The molecule has 0 radical (unpaired) electrons. The number of fused-ring (bicyclic) bond motifs is 2. The van der Waals surface area contributed by atoms with Crippen molar-refractivity contribution in [1.29, 1.82) is 0 Å². The average Bonchev–Trinajstić information content (AvgIpc) is 3.57. The summed E-state index contributed by atoms with van der Waals surface area (Å²) in [6.45, 7) is 7.22. The summed E-state index contributed by atoms with van der Waals surface area (Å²) in [6.07, 6.45) is 7.21. The van der Waals surface area contributed by atoms with Gasteiger partial charge in [0.05, 0.1) is 0 Å². The Morgan fingerprint density at radius 3 is 2.39 bits per heavy atom. The van der Waals surface area contributed by atoms with Gasteiger partial charge in [-0.3, -0.25) is 9.59 Å². The van der Waals surface area contributed by atoms with Gasteiger partial charge in [-0.1, -0.05) is 46.1 Å². The molecule has 0 spiro atoms. The highest BCUT2D eigenvalue weighted by Crippen LogP contribution is 2.66. The third kappa shape index (κ3) is 5.54. The number of hydrogen-bond donors (Lipinski definition) is 4. The van der Waals surface area contributed by atoms with Crippen molar-refractivity contribution in [2.75, 3.05) is 6.54 Å². The standard InChI is InChI=1S/C32H46N2O7/c1-31(2)21-13-14-32(31,3)26(18-21)41-30(40)22-10-7-15-34(22)29(39)27(20-8-5-4-6-9-20)33-28(38)25(37)17-19-11-12-23(35)24(36)16-19/h11-12,16,20-22,25-27,35-37H,4-10,13-15,17-18H2,1-3H3,(H,33,38). The first kappa shape index (κ1) is 29.7. The van der Waals surface area contributed by atoms with Crippen LogP contribution in [0.2, 0.25) is 0 Å². The summed E-state index contributed by atoms with van der Waals surface area (Å²) in [5, 5.41) is 32.8. The number of aliphatic hydroxyl groups is 1. The maximum Gasteiger partial charge on any atom is 0.329 e. The number of phenols is 2. The number of ether oxygens (including phenoxy) is 1. The van der Waals surface area contributed by atoms with Crippen molar-refractivity contribution in [1.82, 2.24) is 10.2 Å². The smallest absolute Gasteiger partial charge is 0.329 e. The predicted octanol–water partition coefficient (Wildman–Crippen LogP) is 3.82. The van der Waals surface area contributed by atoms with Crippen LogP contribution in [0.25, 0.3) is 0 Å². The van der Waals surface area contributed by atoms with Gasteiger partial charge < -0.3 is 30.3 Å². The van der Waals surface area contributed by atoms with Gasteiger partial charge in [-0.25, -0.2) is 4.79 Å². The molecular formula is C32H46N2O7. The van der Waals surface area contributed by atoms with Gasteiger partial charge in [0.2, 0.25) is 11.8 Å². The third-order valence-corrected chi connectivity index (χ3v) is 11.2. The van der Waals surface area contributed by atoms with E-state index in [0.29, 0.717) is 30.9 Å². The number of carbonyl (C=O) groups excluding carboxylic acids is 3. The molecule has 3 saturated carbocycles. The summed E-state index contributed by atoms with van der Waals surface area (Å²) >= 11 is 0. The summed E-state index contributed by atoms with van der Waals surface area (Å²) in [5.41, 5.74) is 0.520. The van der Waals surface area contributed by atoms with E-state index in [1.54, 1.807) is 4.90 Å². The minimum absolute atomic E-state index is 0.0657. The lowest BCUT2D eigenvalue weighted by Gasteiger charge is -2.39. The topological polar surface area (TPSA) is 136 Å². The molecule has 6 atom stereocenters. The summed E-state index contributed by atoms with van der Waals surface area (Å²) in [4.78, 5) is 42.4. The summed E-state index contributed by atoms with van der Waals surface area (Å²) in [6, 6.07) is 2.62. The van der Waals surface area contributed by atoms with Crippen molar-refractivity contribution in [3.8, 4) is 11.5 Å². The summed E-state index contributed by atoms with van der Waals surface area (Å²) in [5.74, 6) is -1.45. The Hall–Kier alpha value is -2.81. The second kappa shape index (κ2) is 11.5. The first-order valence-electron chi connectivity index (χ1n) is 15.4. The van der Waals surface area contributed by atoms with Gasteiger partial charge in [-0.15, -0.1) is 0 Å². The number of phenolic OH excluding ortho intramolecular Hbond substituents is 2. The number of aromatic hydroxyl groups is 2. The van der Waals surface area contributed by atoms with Crippen molar-refractivity contribution in [2.24, 2.45) is 22.7 Å². The van der Waals surface area contributed by atoms with Gasteiger partial charge in [0.25, 0.3) is 0 Å². The van der Waals surface area contributed by atoms with Crippen LogP contribution < -0.4 is 5.32 Å². The molecule has 1 saturated heterocycles. The number of nitrogens with one attached hydrogen (secondary N) is 1. The molecule has 0 aromatic heterocycles. The fraction of sp³-hybridized carbons (Fsp3) is 0.719. The van der Waals surface area contributed by atoms with Crippen LogP contribution in [0.1, 0.15) is 90.5 Å². The SMILES string of the molecule is CC1(C)C2CCC1(C)C(OC(=O)C1CCCN1C(=O)C(NC(=O)C(O)Cc1ccc(O)c(O)c1)C1CCCCC1)C2. The van der Waals surface area contributed by atoms with E-state index in [4.69, 9.17) is 4.74 Å². The number of nitrogens with zero attached hydrogens (tertiary/aromatic N) is 1. The highest BCUT2D eigenvalue weighted by Gasteiger charge is 2.63. The van der Waals surface area contributed by atoms with Crippen molar-refractivity contribution in [3.05, 3.63) is 23.8 Å². The number of amides is 2. The number of aliphatic hydroxyl groups excluding tert-OH is 1. The Labute approximate surface area is 242 Å². The molecule has 4 N–H and O–H groups in total. The normalized spacial score (nSPS) is 30.6. The van der Waals surface area contributed by atoms with E-state index < -0.39 is 24.1 Å².